The Bertz CT molecular complexity index is 155. The summed E-state index contributed by atoms with van der Waals surface area (Å²) >= 11 is 16.5. The van der Waals surface area contributed by atoms with Gasteiger partial charge in [-0.25, -0.2) is 0 Å². The minimum absolute atomic E-state index is 0.274. The maximum absolute atomic E-state index is 9.01. The molecule has 0 unspecified atom stereocenters. The Balaban J connectivity index is 3.67. The van der Waals surface area contributed by atoms with Crippen molar-refractivity contribution >= 4 is 34.8 Å². The third-order valence-electron chi connectivity index (χ3n) is 2.06. The van der Waals surface area contributed by atoms with Crippen LogP contribution in [0.15, 0.2) is 0 Å². The van der Waals surface area contributed by atoms with Crippen LogP contribution in [0.4, 0.5) is 0 Å². The second-order valence-corrected chi connectivity index (χ2v) is 5.47. The molecular weight excluding hydrogens is 246 g/mol. The number of alkyl halides is 3. The lowest BCUT2D eigenvalue weighted by Gasteiger charge is -2.28. The molecule has 0 bridgehead atoms. The summed E-state index contributed by atoms with van der Waals surface area (Å²) in [4.78, 5) is 0. The third kappa shape index (κ3) is 5.62. The van der Waals surface area contributed by atoms with Gasteiger partial charge in [0.25, 0.3) is 5.25 Å². The zero-order valence-corrected chi connectivity index (χ0v) is 10.5. The van der Waals surface area contributed by atoms with Crippen molar-refractivity contribution in [2.45, 2.75) is 55.0 Å². The Labute approximate surface area is 100 Å². The summed E-state index contributed by atoms with van der Waals surface area (Å²) in [7, 11) is 0. The molecule has 0 aliphatic rings. The van der Waals surface area contributed by atoms with Crippen molar-refractivity contribution in [2.75, 3.05) is 0 Å². The minimum Gasteiger partial charge on any atom is -0.351 e. The van der Waals surface area contributed by atoms with Crippen molar-refractivity contribution in [3.63, 3.8) is 0 Å². The molecule has 0 aromatic heterocycles. The highest BCUT2D eigenvalue weighted by Crippen LogP contribution is 2.39. The average Bonchev–Trinajstić information content (AvgIpc) is 2.02. The fourth-order valence-corrected chi connectivity index (χ4v) is 1.47. The van der Waals surface area contributed by atoms with Crippen LogP contribution in [0.3, 0.4) is 0 Å². The van der Waals surface area contributed by atoms with Gasteiger partial charge in [-0.2, -0.15) is 0 Å². The molecule has 0 rings (SSSR count). The Kier molecular flexibility index (Phi) is 6.75. The van der Waals surface area contributed by atoms with Gasteiger partial charge in [0, 0.05) is 0 Å². The van der Waals surface area contributed by atoms with Crippen molar-refractivity contribution in [3.05, 3.63) is 0 Å². The number of rotatable bonds is 7. The topological polar surface area (TPSA) is 40.5 Å². The molecule has 0 fully saturated rings. The van der Waals surface area contributed by atoms with Crippen LogP contribution in [0.5, 0.6) is 0 Å². The zero-order chi connectivity index (χ0) is 11.2. The summed E-state index contributed by atoms with van der Waals surface area (Å²) in [5.41, 5.74) is 0. The molecule has 0 atom stereocenters. The van der Waals surface area contributed by atoms with E-state index in [2.05, 4.69) is 6.92 Å². The summed E-state index contributed by atoms with van der Waals surface area (Å²) in [6.07, 6.45) is 5.42. The van der Waals surface area contributed by atoms with E-state index in [0.717, 1.165) is 25.7 Å². The van der Waals surface area contributed by atoms with Crippen LogP contribution in [-0.4, -0.2) is 19.8 Å². The quantitative estimate of drug-likeness (QED) is 0.420. The average molecular weight is 264 g/mol. The van der Waals surface area contributed by atoms with E-state index in [-0.39, 0.29) is 6.42 Å². The van der Waals surface area contributed by atoms with E-state index in [1.807, 2.05) is 0 Å². The summed E-state index contributed by atoms with van der Waals surface area (Å²) in [5, 5.41) is 15.5. The molecule has 14 heavy (non-hydrogen) atoms. The monoisotopic (exact) mass is 262 g/mol. The molecule has 0 aromatic rings. The Hall–Kier alpha value is 0.790. The molecule has 0 amide bonds. The lowest BCUT2D eigenvalue weighted by molar-refractivity contribution is -0.0975. The summed E-state index contributed by atoms with van der Waals surface area (Å²) in [5.74, 6) is 0. The lowest BCUT2D eigenvalue weighted by atomic mass is 10.1. The van der Waals surface area contributed by atoms with Crippen LogP contribution < -0.4 is 0 Å². The highest BCUT2D eigenvalue weighted by molar-refractivity contribution is 6.52. The second-order valence-electron chi connectivity index (χ2n) is 3.46. The Morgan fingerprint density at radius 3 is 1.86 bits per heavy atom. The van der Waals surface area contributed by atoms with Gasteiger partial charge in [-0.1, -0.05) is 73.8 Å². The van der Waals surface area contributed by atoms with E-state index in [4.69, 9.17) is 45.0 Å². The summed E-state index contributed by atoms with van der Waals surface area (Å²) < 4.78 is -1.69. The Morgan fingerprint density at radius 2 is 1.43 bits per heavy atom. The molecule has 0 heterocycles. The first-order valence-electron chi connectivity index (χ1n) is 4.82. The number of halogens is 3. The van der Waals surface area contributed by atoms with Crippen LogP contribution in [0.2, 0.25) is 0 Å². The van der Waals surface area contributed by atoms with Gasteiger partial charge < -0.3 is 10.2 Å². The van der Waals surface area contributed by atoms with E-state index in [0.29, 0.717) is 0 Å². The molecule has 2 nitrogen and oxygen atoms in total. The highest BCUT2D eigenvalue weighted by Gasteiger charge is 2.45. The third-order valence-corrected chi connectivity index (χ3v) is 3.48. The van der Waals surface area contributed by atoms with Gasteiger partial charge in [0.15, 0.2) is 4.33 Å². The molecule has 0 spiro atoms. The van der Waals surface area contributed by atoms with Gasteiger partial charge in [0.1, 0.15) is 0 Å². The van der Waals surface area contributed by atoms with E-state index < -0.39 is 9.58 Å². The van der Waals surface area contributed by atoms with Crippen molar-refractivity contribution in [3.8, 4) is 0 Å². The van der Waals surface area contributed by atoms with Gasteiger partial charge >= 0.3 is 0 Å². The minimum atomic E-state index is -2.55. The van der Waals surface area contributed by atoms with Gasteiger partial charge in [0.05, 0.1) is 0 Å². The second kappa shape index (κ2) is 6.39. The first-order chi connectivity index (χ1) is 6.31. The number of hydrogen-bond donors (Lipinski definition) is 2. The lowest BCUT2D eigenvalue weighted by Crippen LogP contribution is -2.40. The maximum Gasteiger partial charge on any atom is 0.277 e. The van der Waals surface area contributed by atoms with E-state index in [9.17, 15) is 0 Å². The predicted molar refractivity (Wildman–Crippen MR) is 60.8 cm³/mol. The fourth-order valence-electron chi connectivity index (χ4n) is 1.11. The molecule has 0 aromatic carbocycles. The van der Waals surface area contributed by atoms with Crippen LogP contribution in [0.1, 0.15) is 45.4 Å². The number of hydrogen-bond acceptors (Lipinski definition) is 2. The van der Waals surface area contributed by atoms with Crippen LogP contribution in [0.25, 0.3) is 0 Å². The van der Waals surface area contributed by atoms with Crippen LogP contribution in [0, 0.1) is 0 Å². The summed E-state index contributed by atoms with van der Waals surface area (Å²) in [6, 6.07) is 0. The van der Waals surface area contributed by atoms with Crippen molar-refractivity contribution in [2.24, 2.45) is 0 Å². The van der Waals surface area contributed by atoms with Crippen molar-refractivity contribution in [1.82, 2.24) is 0 Å². The maximum atomic E-state index is 9.01. The van der Waals surface area contributed by atoms with Crippen molar-refractivity contribution < 1.29 is 10.2 Å². The fraction of sp³-hybridized carbons (Fsp3) is 1.00. The SMILES string of the molecule is CCCCCCCC(Cl)(Cl)C(O)(O)Cl. The zero-order valence-electron chi connectivity index (χ0n) is 8.27. The smallest absolute Gasteiger partial charge is 0.277 e. The first kappa shape index (κ1) is 14.8. The van der Waals surface area contributed by atoms with Gasteiger partial charge in [-0.15, -0.1) is 0 Å². The molecule has 0 radical (unpaired) electrons. The van der Waals surface area contributed by atoms with Gasteiger partial charge in [-0.05, 0) is 6.42 Å². The molecule has 0 saturated carbocycles. The van der Waals surface area contributed by atoms with Crippen LogP contribution >= 0.6 is 34.8 Å². The van der Waals surface area contributed by atoms with E-state index >= 15 is 0 Å². The van der Waals surface area contributed by atoms with E-state index in [1.54, 1.807) is 0 Å². The number of aliphatic hydroxyl groups is 2. The van der Waals surface area contributed by atoms with Crippen LogP contribution in [-0.2, 0) is 0 Å². The highest BCUT2D eigenvalue weighted by atomic mass is 35.5. The molecule has 0 saturated heterocycles. The molecule has 5 heteroatoms. The summed E-state index contributed by atoms with van der Waals surface area (Å²) in [6.45, 7) is 2.12. The molecular formula is C9H17Cl3O2. The van der Waals surface area contributed by atoms with Gasteiger partial charge in [0.2, 0.25) is 0 Å². The van der Waals surface area contributed by atoms with Gasteiger partial charge in [-0.3, -0.25) is 0 Å². The normalized spacial score (nSPS) is 13.3. The van der Waals surface area contributed by atoms with Crippen molar-refractivity contribution in [1.29, 1.82) is 0 Å². The molecule has 0 aliphatic carbocycles. The Morgan fingerprint density at radius 1 is 0.929 bits per heavy atom. The molecule has 2 N–H and O–H groups in total. The molecule has 86 valence electrons. The standard InChI is InChI=1S/C9H17Cl3O2/c1-2-3-4-5-6-7-8(10,11)9(12,13)14/h13-14H,2-7H2,1H3. The van der Waals surface area contributed by atoms with E-state index in [1.165, 1.54) is 6.42 Å². The number of unbranched alkanes of at least 4 members (excludes halogenated alkanes) is 4. The largest absolute Gasteiger partial charge is 0.351 e. The predicted octanol–water partition coefficient (Wildman–Crippen LogP) is 3.40. The first-order valence-corrected chi connectivity index (χ1v) is 5.96. The molecule has 0 aliphatic heterocycles.